The molecule has 0 amide bonds. The molecule has 1 aliphatic rings. The van der Waals surface area contributed by atoms with Crippen LogP contribution in [0.5, 0.6) is 0 Å². The van der Waals surface area contributed by atoms with Gasteiger partial charge < -0.3 is 15.4 Å². The molecule has 1 aliphatic heterocycles. The molecule has 124 valence electrons. The van der Waals surface area contributed by atoms with Crippen LogP contribution in [0.4, 0.5) is 26.3 Å². The van der Waals surface area contributed by atoms with E-state index in [1.807, 2.05) is 0 Å². The molecule has 4 nitrogen and oxygen atoms in total. The largest absolute Gasteiger partial charge is 0.442 e. The number of rotatable bonds is 3. The van der Waals surface area contributed by atoms with Crippen molar-refractivity contribution in [3.8, 4) is 0 Å². The number of esters is 1. The van der Waals surface area contributed by atoms with Gasteiger partial charge in [-0.1, -0.05) is 0 Å². The molecule has 2 N–H and O–H groups in total. The van der Waals surface area contributed by atoms with Gasteiger partial charge in [0.1, 0.15) is 0 Å². The molecule has 10 heteroatoms. The first-order chi connectivity index (χ1) is 9.42. The molecule has 1 saturated heterocycles. The summed E-state index contributed by atoms with van der Waals surface area (Å²) in [6.07, 6.45) is -15.1. The first kappa shape index (κ1) is 18.0. The second-order valence-corrected chi connectivity index (χ2v) is 5.07. The summed E-state index contributed by atoms with van der Waals surface area (Å²) < 4.78 is 78.1. The Morgan fingerprint density at radius 1 is 1.29 bits per heavy atom. The number of piperidine rings is 1. The molecule has 0 bridgehead atoms. The molecule has 0 saturated carbocycles. The Kier molecular flexibility index (Phi) is 5.14. The number of halogens is 6. The number of nitrogens with one attached hydrogen (secondary N) is 2. The number of carbonyl (C=O) groups excluding carboxylic acids is 1. The fourth-order valence-corrected chi connectivity index (χ4v) is 2.15. The first-order valence-electron chi connectivity index (χ1n) is 6.15. The summed E-state index contributed by atoms with van der Waals surface area (Å²) in [6.45, 7) is 1.98. The summed E-state index contributed by atoms with van der Waals surface area (Å²) in [7, 11) is 1.48. The number of hydrogen-bond donors (Lipinski definition) is 2. The lowest BCUT2D eigenvalue weighted by Crippen LogP contribution is -2.60. The predicted octanol–water partition coefficient (Wildman–Crippen LogP) is 1.61. The smallest absolute Gasteiger partial charge is 0.434 e. The first-order valence-corrected chi connectivity index (χ1v) is 6.15. The lowest BCUT2D eigenvalue weighted by molar-refractivity contribution is -0.314. The van der Waals surface area contributed by atoms with Crippen molar-refractivity contribution in [2.24, 2.45) is 5.92 Å². The summed E-state index contributed by atoms with van der Waals surface area (Å²) >= 11 is 0. The third-order valence-electron chi connectivity index (χ3n) is 3.62. The van der Waals surface area contributed by atoms with Crippen LogP contribution in [-0.2, 0) is 9.53 Å². The SMILES string of the molecule is CNC1(C)CCNCC1C(=O)OC(C(F)(F)F)C(F)(F)F. The van der Waals surface area contributed by atoms with Crippen LogP contribution in [0.1, 0.15) is 13.3 Å². The van der Waals surface area contributed by atoms with Crippen molar-refractivity contribution in [1.29, 1.82) is 0 Å². The second kappa shape index (κ2) is 5.99. The molecule has 2 atom stereocenters. The molecule has 0 aromatic carbocycles. The van der Waals surface area contributed by atoms with E-state index < -0.39 is 35.9 Å². The van der Waals surface area contributed by atoms with Gasteiger partial charge in [0, 0.05) is 12.1 Å². The van der Waals surface area contributed by atoms with Gasteiger partial charge in [0.25, 0.3) is 6.10 Å². The highest BCUT2D eigenvalue weighted by molar-refractivity contribution is 5.75. The topological polar surface area (TPSA) is 50.4 Å². The van der Waals surface area contributed by atoms with Crippen molar-refractivity contribution < 1.29 is 35.9 Å². The number of hydrogen-bond acceptors (Lipinski definition) is 4. The van der Waals surface area contributed by atoms with E-state index in [-0.39, 0.29) is 6.54 Å². The van der Waals surface area contributed by atoms with Crippen molar-refractivity contribution in [2.45, 2.75) is 37.3 Å². The third-order valence-corrected chi connectivity index (χ3v) is 3.62. The normalized spacial score (nSPS) is 27.8. The van der Waals surface area contributed by atoms with Gasteiger partial charge in [0.05, 0.1) is 5.92 Å². The van der Waals surface area contributed by atoms with Crippen molar-refractivity contribution in [2.75, 3.05) is 20.1 Å². The van der Waals surface area contributed by atoms with Crippen molar-refractivity contribution >= 4 is 5.97 Å². The molecule has 1 heterocycles. The molecule has 0 radical (unpaired) electrons. The fraction of sp³-hybridized carbons (Fsp3) is 0.909. The molecular formula is C11H16F6N2O2. The molecule has 0 spiro atoms. The number of carbonyl (C=O) groups is 1. The fourth-order valence-electron chi connectivity index (χ4n) is 2.15. The highest BCUT2D eigenvalue weighted by atomic mass is 19.4. The van der Waals surface area contributed by atoms with E-state index in [1.165, 1.54) is 7.05 Å². The maximum absolute atomic E-state index is 12.4. The second-order valence-electron chi connectivity index (χ2n) is 5.07. The number of alkyl halides is 6. The minimum absolute atomic E-state index is 0.0569. The van der Waals surface area contributed by atoms with Gasteiger partial charge in [-0.2, -0.15) is 26.3 Å². The molecule has 1 rings (SSSR count). The molecular weight excluding hydrogens is 306 g/mol. The van der Waals surface area contributed by atoms with Crippen molar-refractivity contribution in [3.05, 3.63) is 0 Å². The van der Waals surface area contributed by atoms with Gasteiger partial charge in [-0.15, -0.1) is 0 Å². The van der Waals surface area contributed by atoms with E-state index >= 15 is 0 Å². The van der Waals surface area contributed by atoms with Crippen LogP contribution in [0.25, 0.3) is 0 Å². The van der Waals surface area contributed by atoms with E-state index in [2.05, 4.69) is 15.4 Å². The molecule has 21 heavy (non-hydrogen) atoms. The lowest BCUT2D eigenvalue weighted by atomic mass is 9.80. The van der Waals surface area contributed by atoms with E-state index in [9.17, 15) is 31.1 Å². The summed E-state index contributed by atoms with van der Waals surface area (Å²) in [5, 5.41) is 5.51. The predicted molar refractivity (Wildman–Crippen MR) is 60.4 cm³/mol. The maximum atomic E-state index is 12.4. The standard InChI is InChI=1S/C11H16F6N2O2/c1-9(18-2)3-4-19-5-6(9)7(20)21-8(10(12,13)14)11(15,16)17/h6,8,18-19H,3-5H2,1-2H3. The highest BCUT2D eigenvalue weighted by Gasteiger charge is 2.60. The molecule has 0 aliphatic carbocycles. The zero-order valence-corrected chi connectivity index (χ0v) is 11.4. The van der Waals surface area contributed by atoms with Gasteiger partial charge in [0.2, 0.25) is 0 Å². The van der Waals surface area contributed by atoms with Crippen LogP contribution in [0.2, 0.25) is 0 Å². The van der Waals surface area contributed by atoms with Crippen LogP contribution in [0.3, 0.4) is 0 Å². The Hall–Kier alpha value is -1.03. The summed E-state index contributed by atoms with van der Waals surface area (Å²) in [5.41, 5.74) is -0.927. The van der Waals surface area contributed by atoms with E-state index in [0.29, 0.717) is 13.0 Å². The number of ether oxygens (including phenoxy) is 1. The van der Waals surface area contributed by atoms with Crippen LogP contribution in [0.15, 0.2) is 0 Å². The maximum Gasteiger partial charge on any atom is 0.434 e. The zero-order chi connectivity index (χ0) is 16.5. The Morgan fingerprint density at radius 2 is 1.81 bits per heavy atom. The van der Waals surface area contributed by atoms with Crippen LogP contribution < -0.4 is 10.6 Å². The highest BCUT2D eigenvalue weighted by Crippen LogP contribution is 2.37. The summed E-state index contributed by atoms with van der Waals surface area (Å²) in [4.78, 5) is 11.8. The van der Waals surface area contributed by atoms with Gasteiger partial charge in [0.15, 0.2) is 0 Å². The van der Waals surface area contributed by atoms with Gasteiger partial charge in [-0.25, -0.2) is 0 Å². The van der Waals surface area contributed by atoms with Crippen LogP contribution in [-0.4, -0.2) is 50.1 Å². The summed E-state index contributed by atoms with van der Waals surface area (Å²) in [6, 6.07) is 0. The van der Waals surface area contributed by atoms with E-state index in [4.69, 9.17) is 0 Å². The molecule has 0 aromatic heterocycles. The monoisotopic (exact) mass is 322 g/mol. The lowest BCUT2D eigenvalue weighted by Gasteiger charge is -2.40. The average molecular weight is 322 g/mol. The van der Waals surface area contributed by atoms with Gasteiger partial charge in [-0.3, -0.25) is 4.79 Å². The van der Waals surface area contributed by atoms with E-state index in [1.54, 1.807) is 6.92 Å². The Balaban J connectivity index is 2.91. The van der Waals surface area contributed by atoms with E-state index in [0.717, 1.165) is 0 Å². The van der Waals surface area contributed by atoms with Crippen molar-refractivity contribution in [1.82, 2.24) is 10.6 Å². The average Bonchev–Trinajstić information content (AvgIpc) is 2.33. The van der Waals surface area contributed by atoms with Gasteiger partial charge >= 0.3 is 18.3 Å². The van der Waals surface area contributed by atoms with Crippen molar-refractivity contribution in [3.63, 3.8) is 0 Å². The molecule has 0 aromatic rings. The van der Waals surface area contributed by atoms with Gasteiger partial charge in [-0.05, 0) is 26.9 Å². The summed E-state index contributed by atoms with van der Waals surface area (Å²) in [5.74, 6) is -2.68. The Bertz CT molecular complexity index is 370. The zero-order valence-electron chi connectivity index (χ0n) is 11.4. The minimum Gasteiger partial charge on any atom is -0.442 e. The third kappa shape index (κ3) is 4.22. The minimum atomic E-state index is -5.70. The molecule has 2 unspecified atom stereocenters. The quantitative estimate of drug-likeness (QED) is 0.612. The van der Waals surface area contributed by atoms with Crippen LogP contribution >= 0.6 is 0 Å². The Morgan fingerprint density at radius 3 is 2.24 bits per heavy atom. The Labute approximate surface area is 117 Å². The molecule has 1 fully saturated rings. The van der Waals surface area contributed by atoms with Crippen LogP contribution in [0, 0.1) is 5.92 Å².